The summed E-state index contributed by atoms with van der Waals surface area (Å²) in [6, 6.07) is 7.23. The van der Waals surface area contributed by atoms with Crippen molar-refractivity contribution in [2.75, 3.05) is 6.54 Å². The number of hydrogen-bond donors (Lipinski definition) is 17. The predicted octanol–water partition coefficient (Wildman–Crippen LogP) is 0.996. The van der Waals surface area contributed by atoms with E-state index in [9.17, 15) is 103 Å². The van der Waals surface area contributed by atoms with Gasteiger partial charge in [0.25, 0.3) is 5.91 Å². The number of primary amides is 1. The molecule has 34 heteroatoms. The summed E-state index contributed by atoms with van der Waals surface area (Å²) < 4.78 is 6.05. The molecule has 33 nitrogen and oxygen atoms in total. The van der Waals surface area contributed by atoms with Crippen molar-refractivity contribution in [1.82, 2.24) is 47.9 Å². The van der Waals surface area contributed by atoms with E-state index >= 15 is 0 Å². The molecule has 0 aromatic heterocycles. The molecule has 0 saturated carbocycles. The van der Waals surface area contributed by atoms with Crippen molar-refractivity contribution < 1.29 is 108 Å². The van der Waals surface area contributed by atoms with E-state index in [-0.39, 0.29) is 70.9 Å². The fourth-order valence-electron chi connectivity index (χ4n) is 10.7. The Morgan fingerprint density at radius 2 is 0.970 bits per heavy atom. The molecule has 0 bridgehead atoms. The number of fused-ring (bicyclic) bond motifs is 2. The standard InChI is InChI=1S/C67H81N11O22S/c1-32(2)23-46(59(68)91)74-65(97)48(25-35-9-7-6-8-10-35)76-61(93)43(17-20-53(83)84)71-52(82)30-69-67(99)58(34(5)79)78-63(95)45(19-22-55(87)88)72-62(94)44(18-21-54(85)86)73-66(98)49(29-56(89)90)77-64(96)47(24-33(3)4)75-60(92)39-14-11-36(70-31-101)26-42(39)57-40-15-12-37(80)27-50(40)100-51-28-38(81)13-16-41(51)57/h6-16,26-28,32-34,43-49,57-58,79-81H,17-25,29-30H2,1-5H3,(H2,68,91)(H,69,99)(H,71,82)(H,72,94)(H,73,98)(H,74,97)(H,75,92)(H,76,93)(H,77,96)(H,78,95)(H,83,84)(H,85,86)(H,87,88)(H,89,90)/t34-,43+,44+,45+,46+,47+,48+,49+,58+/m1/s1. The summed E-state index contributed by atoms with van der Waals surface area (Å²) in [6.07, 6.45) is -7.77. The number of aliphatic hydroxyl groups is 1. The molecule has 0 saturated heterocycles. The number of nitrogens with one attached hydrogen (secondary N) is 9. The number of isothiocyanates is 1. The molecule has 18 N–H and O–H groups in total. The van der Waals surface area contributed by atoms with Crippen LogP contribution in [0.4, 0.5) is 5.69 Å². The Labute approximate surface area is 583 Å². The van der Waals surface area contributed by atoms with Crippen LogP contribution in [-0.2, 0) is 68.7 Å². The van der Waals surface area contributed by atoms with Crippen LogP contribution in [0.15, 0.2) is 89.9 Å². The van der Waals surface area contributed by atoms with Gasteiger partial charge in [-0.15, -0.1) is 0 Å². The number of nitrogens with two attached hydrogens (primary N) is 1. The Balaban J connectivity index is 1.34. The van der Waals surface area contributed by atoms with Crippen LogP contribution in [0.3, 0.4) is 0 Å². The zero-order valence-electron chi connectivity index (χ0n) is 55.5. The zero-order chi connectivity index (χ0) is 74.9. The topological polar surface area (TPSA) is 536 Å². The lowest BCUT2D eigenvalue weighted by Gasteiger charge is -2.30. The number of phenols is 2. The summed E-state index contributed by atoms with van der Waals surface area (Å²) in [5.74, 6) is -18.9. The van der Waals surface area contributed by atoms with Gasteiger partial charge in [0.05, 0.1) is 29.9 Å². The molecule has 0 spiro atoms. The SMILES string of the molecule is CC(C)C[C@H](NC(=O)[C@H](Cc1ccccc1)NC(=O)[C@H](CCC(=O)O)NC(=O)CNC(=O)[C@@H](NC(=O)[C@H](CCC(=O)O)NC(=O)[C@H](CCC(=O)O)NC(=O)[C@H](CC(=O)O)NC(=O)[C@H](CC(C)C)NC(=O)c1ccc(N=C=S)cc1C1c2ccc(O)cc2Oc2cc(O)ccc21)[C@@H](C)O)C(N)=O. The number of aliphatic imine (C=N–C) groups is 1. The van der Waals surface area contributed by atoms with Crippen LogP contribution in [0, 0.1) is 11.8 Å². The third kappa shape index (κ3) is 25.1. The molecule has 0 fully saturated rings. The van der Waals surface area contributed by atoms with Crippen molar-refractivity contribution in [2.24, 2.45) is 22.6 Å². The van der Waals surface area contributed by atoms with E-state index < -0.39 is 195 Å². The number of ether oxygens (including phenoxy) is 1. The minimum absolute atomic E-state index is 0.0475. The molecular formula is C67H81N11O22S. The van der Waals surface area contributed by atoms with Gasteiger partial charge in [-0.1, -0.05) is 70.2 Å². The maximum absolute atomic E-state index is 14.7. The largest absolute Gasteiger partial charge is 0.508 e. The summed E-state index contributed by atoms with van der Waals surface area (Å²) in [6.45, 7) is 6.89. The average Bonchev–Trinajstić information content (AvgIpc) is 0.747. The van der Waals surface area contributed by atoms with Crippen LogP contribution in [0.5, 0.6) is 23.0 Å². The minimum atomic E-state index is -2.09. The van der Waals surface area contributed by atoms with E-state index in [2.05, 4.69) is 58.0 Å². The third-order valence-corrected chi connectivity index (χ3v) is 15.7. The number of carboxylic acids is 4. The maximum Gasteiger partial charge on any atom is 0.305 e. The highest BCUT2D eigenvalue weighted by atomic mass is 32.1. The number of aliphatic hydroxyl groups excluding tert-OH is 1. The normalized spacial score (nSPS) is 14.2. The first kappa shape index (κ1) is 80.3. The number of aliphatic carboxylic acids is 4. The number of amides is 10. The molecule has 10 amide bonds. The second-order valence-corrected chi connectivity index (χ2v) is 24.8. The van der Waals surface area contributed by atoms with E-state index in [1.54, 1.807) is 70.2 Å². The number of carbonyl (C=O) groups is 14. The van der Waals surface area contributed by atoms with Crippen molar-refractivity contribution in [1.29, 1.82) is 0 Å². The molecule has 0 aliphatic carbocycles. The number of benzene rings is 4. The summed E-state index contributed by atoms with van der Waals surface area (Å²) in [7, 11) is 0. The van der Waals surface area contributed by atoms with Gasteiger partial charge in [0, 0.05) is 60.4 Å². The first-order chi connectivity index (χ1) is 47.6. The molecule has 4 aromatic carbocycles. The molecule has 101 heavy (non-hydrogen) atoms. The lowest BCUT2D eigenvalue weighted by molar-refractivity contribution is -0.142. The number of rotatable bonds is 39. The van der Waals surface area contributed by atoms with Gasteiger partial charge in [0.1, 0.15) is 71.3 Å². The number of carbonyl (C=O) groups excluding carboxylic acids is 10. The molecule has 0 radical (unpaired) electrons. The second kappa shape index (κ2) is 38.1. The lowest BCUT2D eigenvalue weighted by atomic mass is 9.80. The quantitative estimate of drug-likeness (QED) is 0.0193. The highest BCUT2D eigenvalue weighted by molar-refractivity contribution is 7.78. The number of carboxylic acid groups (broad SMARTS) is 4. The number of nitrogens with zero attached hydrogens (tertiary/aromatic N) is 1. The Hall–Kier alpha value is -11.4. The zero-order valence-corrected chi connectivity index (χ0v) is 56.3. The van der Waals surface area contributed by atoms with Crippen LogP contribution in [-0.4, -0.2) is 185 Å². The minimum Gasteiger partial charge on any atom is -0.508 e. The fraction of sp³-hybridized carbons (Fsp3) is 0.418. The number of aromatic hydroxyl groups is 2. The number of hydrogen-bond acceptors (Lipinski definition) is 20. The lowest BCUT2D eigenvalue weighted by Crippen LogP contribution is -2.61. The van der Waals surface area contributed by atoms with E-state index in [1.807, 2.05) is 0 Å². The van der Waals surface area contributed by atoms with Gasteiger partial charge in [-0.2, -0.15) is 4.99 Å². The molecular weight excluding hydrogens is 1340 g/mol. The molecule has 542 valence electrons. The summed E-state index contributed by atoms with van der Waals surface area (Å²) in [5.41, 5.74) is 7.44. The van der Waals surface area contributed by atoms with Crippen LogP contribution in [0.25, 0.3) is 0 Å². The Bertz CT molecular complexity index is 3760. The Morgan fingerprint density at radius 1 is 0.515 bits per heavy atom. The Morgan fingerprint density at radius 3 is 1.46 bits per heavy atom. The first-order valence-corrected chi connectivity index (χ1v) is 32.2. The van der Waals surface area contributed by atoms with E-state index in [4.69, 9.17) is 22.7 Å². The summed E-state index contributed by atoms with van der Waals surface area (Å²) >= 11 is 4.86. The molecule has 1 heterocycles. The summed E-state index contributed by atoms with van der Waals surface area (Å²) in [5, 5.41) is 93.5. The smallest absolute Gasteiger partial charge is 0.305 e. The fourth-order valence-corrected chi connectivity index (χ4v) is 10.8. The van der Waals surface area contributed by atoms with Gasteiger partial charge in [0.2, 0.25) is 53.2 Å². The van der Waals surface area contributed by atoms with Crippen molar-refractivity contribution in [3.8, 4) is 23.0 Å². The van der Waals surface area contributed by atoms with Crippen LogP contribution < -0.4 is 58.3 Å². The molecule has 1 aliphatic heterocycles. The van der Waals surface area contributed by atoms with Gasteiger partial charge in [0.15, 0.2) is 0 Å². The van der Waals surface area contributed by atoms with Gasteiger partial charge in [-0.25, -0.2) is 0 Å². The average molecular weight is 1420 g/mol. The van der Waals surface area contributed by atoms with Gasteiger partial charge >= 0.3 is 23.9 Å². The monoisotopic (exact) mass is 1420 g/mol. The molecule has 0 unspecified atom stereocenters. The van der Waals surface area contributed by atoms with E-state index in [0.717, 1.165) is 6.92 Å². The molecule has 9 atom stereocenters. The van der Waals surface area contributed by atoms with Crippen LogP contribution >= 0.6 is 12.2 Å². The highest BCUT2D eigenvalue weighted by Crippen LogP contribution is 2.50. The first-order valence-electron chi connectivity index (χ1n) is 31.8. The van der Waals surface area contributed by atoms with Crippen molar-refractivity contribution >= 4 is 106 Å². The number of thiocarbonyl (C=S) groups is 1. The third-order valence-electron chi connectivity index (χ3n) is 15.6. The predicted molar refractivity (Wildman–Crippen MR) is 359 cm³/mol. The van der Waals surface area contributed by atoms with Crippen LogP contribution in [0.1, 0.15) is 131 Å². The van der Waals surface area contributed by atoms with Crippen LogP contribution in [0.2, 0.25) is 0 Å². The van der Waals surface area contributed by atoms with Gasteiger partial charge in [-0.3, -0.25) is 67.1 Å². The van der Waals surface area contributed by atoms with Gasteiger partial charge < -0.3 is 94.1 Å². The Kier molecular flexibility index (Phi) is 30.3. The molecule has 1 aliphatic rings. The number of phenolic OH excluding ortho intramolecular Hbond substituents is 2. The second-order valence-electron chi connectivity index (χ2n) is 24.6. The highest BCUT2D eigenvalue weighted by Gasteiger charge is 2.38. The maximum atomic E-state index is 14.7. The summed E-state index contributed by atoms with van der Waals surface area (Å²) in [4.78, 5) is 190. The van der Waals surface area contributed by atoms with Crippen molar-refractivity contribution in [2.45, 2.75) is 159 Å². The van der Waals surface area contributed by atoms with Gasteiger partial charge in [-0.05, 0) is 105 Å². The molecule has 4 aromatic rings. The van der Waals surface area contributed by atoms with Crippen molar-refractivity contribution in [3.63, 3.8) is 0 Å². The van der Waals surface area contributed by atoms with E-state index in [0.29, 0.717) is 16.7 Å². The molecule has 5 rings (SSSR count). The van der Waals surface area contributed by atoms with E-state index in [1.165, 1.54) is 42.5 Å². The van der Waals surface area contributed by atoms with Crippen molar-refractivity contribution in [3.05, 3.63) is 113 Å².